The number of hydrogen-bond donors (Lipinski definition) is 1. The lowest BCUT2D eigenvalue weighted by Gasteiger charge is -2.07. The number of ether oxygens (including phenoxy) is 1. The van der Waals surface area contributed by atoms with Crippen molar-refractivity contribution in [2.24, 2.45) is 0 Å². The number of carboxylic acid groups (broad SMARTS) is 1. The molecule has 4 nitrogen and oxygen atoms in total. The van der Waals surface area contributed by atoms with Crippen molar-refractivity contribution in [1.82, 2.24) is 0 Å². The molecule has 0 aromatic carbocycles. The smallest absolute Gasteiger partial charge is 0.333 e. The maximum Gasteiger partial charge on any atom is 0.333 e. The van der Waals surface area contributed by atoms with Crippen molar-refractivity contribution < 1.29 is 19.4 Å². The predicted molar refractivity (Wildman–Crippen MR) is 79.5 cm³/mol. The summed E-state index contributed by atoms with van der Waals surface area (Å²) < 4.78 is 5.19. The predicted octanol–water partition coefficient (Wildman–Crippen LogP) is 3.87. The van der Waals surface area contributed by atoms with Crippen LogP contribution in [0, 0.1) is 0 Å². The Morgan fingerprint density at radius 3 is 2.30 bits per heavy atom. The van der Waals surface area contributed by atoms with Gasteiger partial charge >= 0.3 is 11.9 Å². The lowest BCUT2D eigenvalue weighted by Crippen LogP contribution is -2.09. The highest BCUT2D eigenvalue weighted by atomic mass is 16.5. The summed E-state index contributed by atoms with van der Waals surface area (Å²) in [7, 11) is 0. The van der Waals surface area contributed by atoms with Crippen LogP contribution in [0.5, 0.6) is 0 Å². The summed E-state index contributed by atoms with van der Waals surface area (Å²) in [6, 6.07) is 0. The lowest BCUT2D eigenvalue weighted by molar-refractivity contribution is -0.139. The van der Waals surface area contributed by atoms with Crippen LogP contribution in [0.3, 0.4) is 0 Å². The normalized spacial score (nSPS) is 12.3. The zero-order valence-electron chi connectivity index (χ0n) is 12.8. The van der Waals surface area contributed by atoms with Gasteiger partial charge in [-0.3, -0.25) is 0 Å². The van der Waals surface area contributed by atoms with Gasteiger partial charge in [0, 0.05) is 11.1 Å². The molecule has 0 aromatic rings. The molecule has 0 rings (SSSR count). The number of aliphatic carboxylic acids is 1. The number of unbranched alkanes of at least 4 members (excludes halogenated alkanes) is 3. The van der Waals surface area contributed by atoms with Crippen LogP contribution in [0.2, 0.25) is 0 Å². The van der Waals surface area contributed by atoms with E-state index in [1.54, 1.807) is 19.1 Å². The number of carboxylic acids is 1. The van der Waals surface area contributed by atoms with E-state index in [0.29, 0.717) is 18.6 Å². The van der Waals surface area contributed by atoms with Crippen LogP contribution < -0.4 is 0 Å². The third-order valence-electron chi connectivity index (χ3n) is 3.07. The Morgan fingerprint density at radius 2 is 1.80 bits per heavy atom. The first-order valence-corrected chi connectivity index (χ1v) is 7.31. The average molecular weight is 282 g/mol. The topological polar surface area (TPSA) is 63.6 Å². The molecule has 0 radical (unpaired) electrons. The van der Waals surface area contributed by atoms with E-state index in [4.69, 9.17) is 9.84 Å². The van der Waals surface area contributed by atoms with E-state index in [1.165, 1.54) is 0 Å². The third-order valence-corrected chi connectivity index (χ3v) is 3.07. The number of rotatable bonds is 10. The Morgan fingerprint density at radius 1 is 1.10 bits per heavy atom. The van der Waals surface area contributed by atoms with Crippen molar-refractivity contribution in [3.63, 3.8) is 0 Å². The van der Waals surface area contributed by atoms with Crippen molar-refractivity contribution in [2.45, 2.75) is 59.3 Å². The highest BCUT2D eigenvalue weighted by molar-refractivity contribution is 5.90. The van der Waals surface area contributed by atoms with Crippen molar-refractivity contribution in [2.75, 3.05) is 6.61 Å². The van der Waals surface area contributed by atoms with E-state index < -0.39 is 5.97 Å². The molecule has 0 bridgehead atoms. The molecule has 0 saturated heterocycles. The SMILES string of the molecule is CC=C(CC=C(CC)C(=O)OCCCCCC)C(=O)O. The molecule has 0 aliphatic carbocycles. The molecule has 114 valence electrons. The fourth-order valence-corrected chi connectivity index (χ4v) is 1.72. The second-order valence-electron chi connectivity index (χ2n) is 4.60. The molecule has 0 amide bonds. The molecule has 0 atom stereocenters. The molecule has 0 aliphatic rings. The largest absolute Gasteiger partial charge is 0.478 e. The fourth-order valence-electron chi connectivity index (χ4n) is 1.72. The molecule has 0 aliphatic heterocycles. The summed E-state index contributed by atoms with van der Waals surface area (Å²) in [5, 5.41) is 8.91. The first kappa shape index (κ1) is 18.4. The summed E-state index contributed by atoms with van der Waals surface area (Å²) in [4.78, 5) is 22.7. The Kier molecular flexibility index (Phi) is 10.4. The second-order valence-corrected chi connectivity index (χ2v) is 4.60. The first-order valence-electron chi connectivity index (χ1n) is 7.31. The zero-order valence-corrected chi connectivity index (χ0v) is 12.8. The Bertz CT molecular complexity index is 367. The van der Waals surface area contributed by atoms with Gasteiger partial charge in [-0.25, -0.2) is 9.59 Å². The molecule has 0 aromatic heterocycles. The minimum absolute atomic E-state index is 0.250. The summed E-state index contributed by atoms with van der Waals surface area (Å²) >= 11 is 0. The monoisotopic (exact) mass is 282 g/mol. The van der Waals surface area contributed by atoms with Crippen LogP contribution in [-0.4, -0.2) is 23.7 Å². The van der Waals surface area contributed by atoms with E-state index >= 15 is 0 Å². The van der Waals surface area contributed by atoms with Gasteiger partial charge in [-0.05, 0) is 26.2 Å². The zero-order chi connectivity index (χ0) is 15.4. The van der Waals surface area contributed by atoms with Gasteiger partial charge in [0.05, 0.1) is 6.61 Å². The summed E-state index contributed by atoms with van der Waals surface area (Å²) in [5.74, 6) is -1.28. The molecule has 4 heteroatoms. The number of allylic oxidation sites excluding steroid dienone is 2. The van der Waals surface area contributed by atoms with Gasteiger partial charge in [-0.2, -0.15) is 0 Å². The molecule has 0 spiro atoms. The van der Waals surface area contributed by atoms with E-state index in [1.807, 2.05) is 6.92 Å². The van der Waals surface area contributed by atoms with Crippen LogP contribution in [-0.2, 0) is 14.3 Å². The quantitative estimate of drug-likeness (QED) is 0.375. The van der Waals surface area contributed by atoms with Gasteiger partial charge in [-0.1, -0.05) is 45.3 Å². The Balaban J connectivity index is 4.29. The minimum Gasteiger partial charge on any atom is -0.478 e. The van der Waals surface area contributed by atoms with Crippen molar-refractivity contribution >= 4 is 11.9 Å². The molecule has 0 fully saturated rings. The van der Waals surface area contributed by atoms with Gasteiger partial charge < -0.3 is 9.84 Å². The van der Waals surface area contributed by atoms with Gasteiger partial charge in [0.1, 0.15) is 0 Å². The minimum atomic E-state index is -0.952. The van der Waals surface area contributed by atoms with Crippen LogP contribution in [0.1, 0.15) is 59.3 Å². The molecule has 0 saturated carbocycles. The summed E-state index contributed by atoms with van der Waals surface area (Å²) in [6.45, 7) is 6.10. The van der Waals surface area contributed by atoms with E-state index in [-0.39, 0.29) is 18.0 Å². The molecule has 0 unspecified atom stereocenters. The van der Waals surface area contributed by atoms with Crippen molar-refractivity contribution in [3.8, 4) is 0 Å². The Hall–Kier alpha value is -1.58. The van der Waals surface area contributed by atoms with Crippen LogP contribution in [0.4, 0.5) is 0 Å². The van der Waals surface area contributed by atoms with E-state index in [0.717, 1.165) is 25.7 Å². The van der Waals surface area contributed by atoms with Crippen LogP contribution in [0.25, 0.3) is 0 Å². The molecule has 1 N–H and O–H groups in total. The highest BCUT2D eigenvalue weighted by Crippen LogP contribution is 2.11. The highest BCUT2D eigenvalue weighted by Gasteiger charge is 2.10. The van der Waals surface area contributed by atoms with E-state index in [2.05, 4.69) is 6.92 Å². The van der Waals surface area contributed by atoms with Gasteiger partial charge in [0.15, 0.2) is 0 Å². The van der Waals surface area contributed by atoms with Crippen LogP contribution >= 0.6 is 0 Å². The van der Waals surface area contributed by atoms with Gasteiger partial charge in [-0.15, -0.1) is 0 Å². The maximum atomic E-state index is 11.8. The second kappa shape index (κ2) is 11.3. The fraction of sp³-hybridized carbons (Fsp3) is 0.625. The number of carbonyl (C=O) groups is 2. The number of esters is 1. The first-order chi connectivity index (χ1) is 9.56. The molecule has 20 heavy (non-hydrogen) atoms. The van der Waals surface area contributed by atoms with Gasteiger partial charge in [0.25, 0.3) is 0 Å². The third kappa shape index (κ3) is 7.77. The van der Waals surface area contributed by atoms with Crippen LogP contribution in [0.15, 0.2) is 23.3 Å². The lowest BCUT2D eigenvalue weighted by atomic mass is 10.1. The number of carbonyl (C=O) groups excluding carboxylic acids is 1. The van der Waals surface area contributed by atoms with Crippen molar-refractivity contribution in [3.05, 3.63) is 23.3 Å². The van der Waals surface area contributed by atoms with Crippen molar-refractivity contribution in [1.29, 1.82) is 0 Å². The summed E-state index contributed by atoms with van der Waals surface area (Å²) in [6.07, 6.45) is 8.24. The number of hydrogen-bond acceptors (Lipinski definition) is 3. The molecule has 0 heterocycles. The summed E-state index contributed by atoms with van der Waals surface area (Å²) in [5.41, 5.74) is 0.827. The maximum absolute atomic E-state index is 11.8. The molecular formula is C16H26O4. The molecular weight excluding hydrogens is 256 g/mol. The average Bonchev–Trinajstić information content (AvgIpc) is 2.43. The van der Waals surface area contributed by atoms with E-state index in [9.17, 15) is 9.59 Å². The Labute approximate surface area is 121 Å². The standard InChI is InChI=1S/C16H26O4/c1-4-7-8-9-12-20-16(19)14(6-3)11-10-13(5-2)15(17)18/h5,11H,4,6-10,12H2,1-3H3,(H,17,18). The van der Waals surface area contributed by atoms with Gasteiger partial charge in [0.2, 0.25) is 0 Å².